The van der Waals surface area contributed by atoms with Crippen molar-refractivity contribution in [2.45, 2.75) is 12.3 Å². The van der Waals surface area contributed by atoms with E-state index in [2.05, 4.69) is 4.74 Å². The van der Waals surface area contributed by atoms with E-state index in [1.165, 1.54) is 7.11 Å². The van der Waals surface area contributed by atoms with Gasteiger partial charge >= 0.3 is 5.92 Å². The molecule has 0 atom stereocenters. The molecule has 0 aliphatic carbocycles. The van der Waals surface area contributed by atoms with Crippen LogP contribution in [0.3, 0.4) is 0 Å². The summed E-state index contributed by atoms with van der Waals surface area (Å²) < 4.78 is 44.6. The zero-order valence-corrected chi connectivity index (χ0v) is 8.88. The molecule has 0 aromatic heterocycles. The molecule has 0 N–H and O–H groups in total. The van der Waals surface area contributed by atoms with E-state index in [0.717, 1.165) is 12.1 Å². The highest BCUT2D eigenvalue weighted by Crippen LogP contribution is 2.32. The first-order chi connectivity index (χ1) is 7.93. The molecule has 0 saturated heterocycles. The third-order valence-corrected chi connectivity index (χ3v) is 2.13. The van der Waals surface area contributed by atoms with Crippen molar-refractivity contribution in [3.8, 4) is 5.75 Å². The number of halogens is 3. The first-order valence-electron chi connectivity index (χ1n) is 4.62. The van der Waals surface area contributed by atoms with Gasteiger partial charge in [0, 0.05) is 5.56 Å². The van der Waals surface area contributed by atoms with Crippen LogP contribution in [0.2, 0.25) is 0 Å². The lowest BCUT2D eigenvalue weighted by atomic mass is 10.0. The molecule has 0 radical (unpaired) electrons. The van der Waals surface area contributed by atoms with Crippen LogP contribution in [0, 0.1) is 5.82 Å². The number of benzene rings is 1. The number of alkyl halides is 2. The Morgan fingerprint density at radius 2 is 2.12 bits per heavy atom. The summed E-state index contributed by atoms with van der Waals surface area (Å²) in [6.45, 7) is 0. The number of carbonyl (C=O) groups excluding carboxylic acids is 2. The van der Waals surface area contributed by atoms with E-state index in [9.17, 15) is 22.8 Å². The summed E-state index contributed by atoms with van der Waals surface area (Å²) in [5.74, 6) is -6.65. The first-order valence-corrected chi connectivity index (χ1v) is 4.62. The third-order valence-electron chi connectivity index (χ3n) is 2.13. The molecule has 0 bridgehead atoms. The number of ether oxygens (including phenoxy) is 1. The molecule has 0 fully saturated rings. The smallest absolute Gasteiger partial charge is 0.331 e. The van der Waals surface area contributed by atoms with Gasteiger partial charge in [-0.1, -0.05) is 0 Å². The highest BCUT2D eigenvalue weighted by Gasteiger charge is 2.40. The molecule has 92 valence electrons. The van der Waals surface area contributed by atoms with E-state index in [1.807, 2.05) is 0 Å². The van der Waals surface area contributed by atoms with E-state index in [4.69, 9.17) is 0 Å². The normalized spacial score (nSPS) is 11.1. The van der Waals surface area contributed by atoms with Gasteiger partial charge in [-0.15, -0.1) is 0 Å². The minimum absolute atomic E-state index is 0.0795. The lowest BCUT2D eigenvalue weighted by Gasteiger charge is -2.14. The predicted octanol–water partition coefficient (Wildman–Crippen LogP) is 2.08. The van der Waals surface area contributed by atoms with Crippen molar-refractivity contribution >= 4 is 12.1 Å². The average Bonchev–Trinajstić information content (AvgIpc) is 2.29. The lowest BCUT2D eigenvalue weighted by Crippen LogP contribution is -2.26. The molecule has 1 rings (SSSR count). The van der Waals surface area contributed by atoms with Crippen LogP contribution >= 0.6 is 0 Å². The molecule has 0 amide bonds. The Hall–Kier alpha value is -1.85. The van der Waals surface area contributed by atoms with Crippen molar-refractivity contribution < 1.29 is 27.5 Å². The largest absolute Gasteiger partial charge is 0.494 e. The second kappa shape index (κ2) is 4.99. The lowest BCUT2D eigenvalue weighted by molar-refractivity contribution is -0.145. The maximum Gasteiger partial charge on any atom is 0.331 e. The summed E-state index contributed by atoms with van der Waals surface area (Å²) in [4.78, 5) is 21.0. The zero-order valence-electron chi connectivity index (χ0n) is 8.88. The summed E-state index contributed by atoms with van der Waals surface area (Å²) in [6.07, 6.45) is -0.837. The second-order valence-corrected chi connectivity index (χ2v) is 3.22. The molecule has 0 spiro atoms. The SMILES string of the molecule is COc1ccc(C(F)(F)C(=O)CC=O)cc1F. The first kappa shape index (κ1) is 13.2. The van der Waals surface area contributed by atoms with Crippen molar-refractivity contribution in [1.82, 2.24) is 0 Å². The molecule has 0 aliphatic rings. The molecule has 17 heavy (non-hydrogen) atoms. The van der Waals surface area contributed by atoms with E-state index in [1.54, 1.807) is 0 Å². The fourth-order valence-electron chi connectivity index (χ4n) is 1.23. The highest BCUT2D eigenvalue weighted by atomic mass is 19.3. The number of methoxy groups -OCH3 is 1. The fourth-order valence-corrected chi connectivity index (χ4v) is 1.23. The Morgan fingerprint density at radius 1 is 1.47 bits per heavy atom. The summed E-state index contributed by atoms with van der Waals surface area (Å²) in [6, 6.07) is 2.39. The van der Waals surface area contributed by atoms with Crippen LogP contribution < -0.4 is 4.74 Å². The van der Waals surface area contributed by atoms with Crippen LogP contribution in [0.15, 0.2) is 18.2 Å². The molecule has 0 heterocycles. The van der Waals surface area contributed by atoms with Gasteiger partial charge in [0.25, 0.3) is 0 Å². The predicted molar refractivity (Wildman–Crippen MR) is 52.5 cm³/mol. The van der Waals surface area contributed by atoms with E-state index in [0.29, 0.717) is 6.07 Å². The van der Waals surface area contributed by atoms with Gasteiger partial charge in [0.1, 0.15) is 6.29 Å². The molecular formula is C11H9F3O3. The van der Waals surface area contributed by atoms with Crippen molar-refractivity contribution in [2.75, 3.05) is 7.11 Å². The number of hydrogen-bond acceptors (Lipinski definition) is 3. The Morgan fingerprint density at radius 3 is 2.59 bits per heavy atom. The summed E-state index contributed by atoms with van der Waals surface area (Å²) in [7, 11) is 1.19. The van der Waals surface area contributed by atoms with Gasteiger partial charge < -0.3 is 9.53 Å². The molecule has 6 heteroatoms. The number of rotatable bonds is 5. The topological polar surface area (TPSA) is 43.4 Å². The van der Waals surface area contributed by atoms with Crippen molar-refractivity contribution in [3.63, 3.8) is 0 Å². The Balaban J connectivity index is 3.11. The molecule has 3 nitrogen and oxygen atoms in total. The number of Topliss-reactive ketones (excluding diaryl/α,β-unsaturated/α-hetero) is 1. The highest BCUT2D eigenvalue weighted by molar-refractivity contribution is 5.95. The number of ketones is 1. The average molecular weight is 246 g/mol. The Labute approximate surface area is 95.2 Å². The second-order valence-electron chi connectivity index (χ2n) is 3.22. The summed E-state index contributed by atoms with van der Waals surface area (Å²) in [5, 5.41) is 0. The minimum atomic E-state index is -3.88. The zero-order chi connectivity index (χ0) is 13.1. The summed E-state index contributed by atoms with van der Waals surface area (Å²) in [5.41, 5.74) is -0.803. The molecule has 0 unspecified atom stereocenters. The van der Waals surface area contributed by atoms with Crippen LogP contribution in [-0.2, 0) is 15.5 Å². The van der Waals surface area contributed by atoms with Gasteiger partial charge in [-0.2, -0.15) is 8.78 Å². The van der Waals surface area contributed by atoms with Gasteiger partial charge in [0.05, 0.1) is 13.5 Å². The number of hydrogen-bond donors (Lipinski definition) is 0. The fraction of sp³-hybridized carbons (Fsp3) is 0.273. The number of aldehydes is 1. The van der Waals surface area contributed by atoms with E-state index in [-0.39, 0.29) is 12.0 Å². The van der Waals surface area contributed by atoms with Crippen LogP contribution in [0.25, 0.3) is 0 Å². The molecule has 0 saturated carbocycles. The van der Waals surface area contributed by atoms with Gasteiger partial charge in [-0.25, -0.2) is 4.39 Å². The standard InChI is InChI=1S/C11H9F3O3/c1-17-9-3-2-7(6-8(9)12)11(13,14)10(16)4-5-15/h2-3,5-6H,4H2,1H3. The molecule has 1 aromatic rings. The van der Waals surface area contributed by atoms with Crippen LogP contribution in [0.5, 0.6) is 5.75 Å². The van der Waals surface area contributed by atoms with E-state index < -0.39 is 29.5 Å². The molecule has 0 aliphatic heterocycles. The van der Waals surface area contributed by atoms with Crippen molar-refractivity contribution in [1.29, 1.82) is 0 Å². The van der Waals surface area contributed by atoms with Crippen LogP contribution in [0.1, 0.15) is 12.0 Å². The molecule has 1 aromatic carbocycles. The van der Waals surface area contributed by atoms with E-state index >= 15 is 0 Å². The Kier molecular flexibility index (Phi) is 3.88. The van der Waals surface area contributed by atoms with Crippen LogP contribution in [0.4, 0.5) is 13.2 Å². The maximum atomic E-state index is 13.4. The quantitative estimate of drug-likeness (QED) is 0.590. The molecular weight excluding hydrogens is 237 g/mol. The van der Waals surface area contributed by atoms with Gasteiger partial charge in [-0.3, -0.25) is 4.79 Å². The maximum absolute atomic E-state index is 13.4. The number of carbonyl (C=O) groups is 2. The third kappa shape index (κ3) is 2.64. The van der Waals surface area contributed by atoms with Gasteiger partial charge in [-0.05, 0) is 18.2 Å². The Bertz CT molecular complexity index is 444. The monoisotopic (exact) mass is 246 g/mol. The van der Waals surface area contributed by atoms with Crippen LogP contribution in [-0.4, -0.2) is 19.2 Å². The van der Waals surface area contributed by atoms with Crippen molar-refractivity contribution in [3.05, 3.63) is 29.6 Å². The van der Waals surface area contributed by atoms with Gasteiger partial charge in [0.2, 0.25) is 5.78 Å². The van der Waals surface area contributed by atoms with Crippen molar-refractivity contribution in [2.24, 2.45) is 0 Å². The summed E-state index contributed by atoms with van der Waals surface area (Å²) >= 11 is 0. The minimum Gasteiger partial charge on any atom is -0.494 e. The van der Waals surface area contributed by atoms with Gasteiger partial charge in [0.15, 0.2) is 11.6 Å².